The lowest BCUT2D eigenvalue weighted by molar-refractivity contribution is -0.190. The second-order valence-electron chi connectivity index (χ2n) is 11.0. The number of nitrogens with one attached hydrogen (secondary N) is 2. The summed E-state index contributed by atoms with van der Waals surface area (Å²) >= 11 is 0. The van der Waals surface area contributed by atoms with Crippen molar-refractivity contribution >= 4 is 17.7 Å². The molecule has 1 fully saturated rings. The number of aryl methyl sites for hydroxylation is 2. The normalized spacial score (nSPS) is 16.4. The summed E-state index contributed by atoms with van der Waals surface area (Å²) in [4.78, 5) is 31.0. The number of hydrogen-bond acceptors (Lipinski definition) is 6. The summed E-state index contributed by atoms with van der Waals surface area (Å²) in [5.41, 5.74) is 0.262. The third kappa shape index (κ3) is 9.08. The van der Waals surface area contributed by atoms with Crippen LogP contribution in [0.25, 0.3) is 0 Å². The van der Waals surface area contributed by atoms with Gasteiger partial charge in [0.05, 0.1) is 5.41 Å². The molecular formula is C30H39F3N4O4. The molecule has 2 aliphatic rings. The van der Waals surface area contributed by atoms with Crippen LogP contribution in [-0.2, 0) is 22.4 Å². The molecule has 0 bridgehead atoms. The number of halogens is 3. The number of fused-ring (bicyclic) bond motifs is 1. The lowest BCUT2D eigenvalue weighted by Gasteiger charge is -2.25. The Bertz CT molecular complexity index is 1160. The van der Waals surface area contributed by atoms with Gasteiger partial charge in [-0.1, -0.05) is 24.3 Å². The molecule has 1 aromatic carbocycles. The van der Waals surface area contributed by atoms with Gasteiger partial charge in [0, 0.05) is 31.7 Å². The van der Waals surface area contributed by atoms with Crippen molar-refractivity contribution in [1.29, 1.82) is 0 Å². The monoisotopic (exact) mass is 576 g/mol. The number of rotatable bonds is 16. The number of carbonyl (C=O) groups is 2. The largest absolute Gasteiger partial charge is 0.492 e. The molecule has 224 valence electrons. The zero-order valence-corrected chi connectivity index (χ0v) is 23.2. The van der Waals surface area contributed by atoms with Gasteiger partial charge in [-0.3, -0.25) is 9.69 Å². The standard InChI is InChI=1S/C30H39F3N4O4/c31-30(32,33)29(14-15-29)21-26(38)36-25(28(39)40)13-18-37(19-20-41-24-9-2-1-3-10-24)17-5-4-8-23-12-11-22-7-6-16-34-27(22)35-23/h1-3,9-12,25H,4-8,13-21H2,(H,34,35)(H,36,38)(H,39,40). The number of pyridine rings is 1. The number of carboxylic acids is 1. The number of hydrogen-bond donors (Lipinski definition) is 3. The first-order valence-corrected chi connectivity index (χ1v) is 14.4. The molecule has 2 aromatic rings. The fraction of sp³-hybridized carbons (Fsp3) is 0.567. The first-order chi connectivity index (χ1) is 19.6. The Hall–Kier alpha value is -3.34. The summed E-state index contributed by atoms with van der Waals surface area (Å²) in [6, 6.07) is 12.3. The van der Waals surface area contributed by atoms with E-state index in [1.165, 1.54) is 5.56 Å². The van der Waals surface area contributed by atoms with E-state index >= 15 is 0 Å². The minimum Gasteiger partial charge on any atom is -0.492 e. The number of carbonyl (C=O) groups excluding carboxylic acids is 1. The van der Waals surface area contributed by atoms with Crippen LogP contribution in [0.1, 0.15) is 56.2 Å². The second kappa shape index (κ2) is 14.0. The van der Waals surface area contributed by atoms with Crippen LogP contribution in [0.5, 0.6) is 5.75 Å². The fourth-order valence-electron chi connectivity index (χ4n) is 5.13. The second-order valence-corrected chi connectivity index (χ2v) is 11.0. The molecule has 1 saturated carbocycles. The van der Waals surface area contributed by atoms with Crippen molar-refractivity contribution in [3.05, 3.63) is 53.7 Å². The third-order valence-corrected chi connectivity index (χ3v) is 7.85. The summed E-state index contributed by atoms with van der Waals surface area (Å²) in [6.45, 7) is 2.89. The predicted molar refractivity (Wildman–Crippen MR) is 149 cm³/mol. The number of alkyl halides is 3. The van der Waals surface area contributed by atoms with E-state index in [0.717, 1.165) is 55.9 Å². The maximum absolute atomic E-state index is 13.3. The lowest BCUT2D eigenvalue weighted by Crippen LogP contribution is -2.45. The van der Waals surface area contributed by atoms with Crippen molar-refractivity contribution < 1.29 is 32.6 Å². The van der Waals surface area contributed by atoms with Gasteiger partial charge in [0.25, 0.3) is 0 Å². The number of aliphatic carboxylic acids is 1. The summed E-state index contributed by atoms with van der Waals surface area (Å²) in [5.74, 6) is -0.437. The highest BCUT2D eigenvalue weighted by molar-refractivity contribution is 5.84. The summed E-state index contributed by atoms with van der Waals surface area (Å²) in [5, 5.41) is 15.3. The average molecular weight is 577 g/mol. The number of para-hydroxylation sites is 1. The Balaban J connectivity index is 1.28. The molecule has 11 heteroatoms. The highest BCUT2D eigenvalue weighted by Crippen LogP contribution is 2.59. The Labute approximate surface area is 238 Å². The fourth-order valence-corrected chi connectivity index (χ4v) is 5.13. The molecule has 0 spiro atoms. The van der Waals surface area contributed by atoms with E-state index in [-0.39, 0.29) is 19.3 Å². The van der Waals surface area contributed by atoms with Gasteiger partial charge in [0.1, 0.15) is 24.2 Å². The topological polar surface area (TPSA) is 104 Å². The van der Waals surface area contributed by atoms with E-state index in [9.17, 15) is 27.9 Å². The van der Waals surface area contributed by atoms with Crippen LogP contribution >= 0.6 is 0 Å². The van der Waals surface area contributed by atoms with Crippen molar-refractivity contribution in [1.82, 2.24) is 15.2 Å². The van der Waals surface area contributed by atoms with Gasteiger partial charge in [-0.25, -0.2) is 9.78 Å². The molecule has 1 aliphatic heterocycles. The number of anilines is 1. The van der Waals surface area contributed by atoms with Crippen molar-refractivity contribution in [3.8, 4) is 5.75 Å². The van der Waals surface area contributed by atoms with Gasteiger partial charge in [0.2, 0.25) is 5.91 Å². The van der Waals surface area contributed by atoms with Gasteiger partial charge in [-0.15, -0.1) is 0 Å². The van der Waals surface area contributed by atoms with Crippen LogP contribution in [-0.4, -0.2) is 71.9 Å². The molecule has 3 N–H and O–H groups in total. The van der Waals surface area contributed by atoms with Gasteiger partial charge < -0.3 is 20.5 Å². The van der Waals surface area contributed by atoms with Crippen molar-refractivity contribution in [2.24, 2.45) is 5.41 Å². The molecule has 1 atom stereocenters. The Kier molecular flexibility index (Phi) is 10.5. The van der Waals surface area contributed by atoms with E-state index in [2.05, 4.69) is 27.7 Å². The minimum absolute atomic E-state index is 0.0729. The molecule has 8 nitrogen and oxygen atoms in total. The van der Waals surface area contributed by atoms with Crippen LogP contribution in [0.2, 0.25) is 0 Å². The first-order valence-electron chi connectivity index (χ1n) is 14.4. The summed E-state index contributed by atoms with van der Waals surface area (Å²) in [7, 11) is 0. The number of carboxylic acid groups (broad SMARTS) is 1. The van der Waals surface area contributed by atoms with Crippen LogP contribution in [0.3, 0.4) is 0 Å². The molecule has 1 aromatic heterocycles. The van der Waals surface area contributed by atoms with Gasteiger partial charge in [-0.05, 0) is 81.7 Å². The van der Waals surface area contributed by atoms with Gasteiger partial charge in [0.15, 0.2) is 0 Å². The third-order valence-electron chi connectivity index (χ3n) is 7.85. The molecule has 1 unspecified atom stereocenters. The van der Waals surface area contributed by atoms with E-state index in [1.54, 1.807) is 0 Å². The predicted octanol–water partition coefficient (Wildman–Crippen LogP) is 4.84. The number of benzene rings is 1. The molecule has 4 rings (SSSR count). The lowest BCUT2D eigenvalue weighted by atomic mass is 10.0. The number of amides is 1. The number of nitrogens with zero attached hydrogens (tertiary/aromatic N) is 2. The SMILES string of the molecule is O=C(CC1(C(F)(F)F)CC1)NC(CCN(CCCCc1ccc2c(n1)NCCC2)CCOc1ccccc1)C(=O)O. The maximum Gasteiger partial charge on any atom is 0.395 e. The number of aromatic nitrogens is 1. The van der Waals surface area contributed by atoms with Crippen LogP contribution in [0.4, 0.5) is 19.0 Å². The zero-order chi connectivity index (χ0) is 29.3. The van der Waals surface area contributed by atoms with Crippen molar-refractivity contribution in [2.75, 3.05) is 38.1 Å². The smallest absolute Gasteiger partial charge is 0.395 e. The van der Waals surface area contributed by atoms with Gasteiger partial charge in [-0.2, -0.15) is 13.2 Å². The Morgan fingerprint density at radius 1 is 1.10 bits per heavy atom. The maximum atomic E-state index is 13.3. The Morgan fingerprint density at radius 3 is 2.59 bits per heavy atom. The van der Waals surface area contributed by atoms with Crippen LogP contribution in [0, 0.1) is 5.41 Å². The molecule has 0 radical (unpaired) electrons. The van der Waals surface area contributed by atoms with E-state index in [1.807, 2.05) is 30.3 Å². The average Bonchev–Trinajstić information content (AvgIpc) is 3.74. The van der Waals surface area contributed by atoms with Crippen LogP contribution < -0.4 is 15.4 Å². The van der Waals surface area contributed by atoms with Gasteiger partial charge >= 0.3 is 12.1 Å². The van der Waals surface area contributed by atoms with E-state index < -0.39 is 35.9 Å². The van der Waals surface area contributed by atoms with Crippen molar-refractivity contribution in [2.45, 2.75) is 70.0 Å². The molecule has 41 heavy (non-hydrogen) atoms. The highest BCUT2D eigenvalue weighted by atomic mass is 19.4. The zero-order valence-electron chi connectivity index (χ0n) is 23.2. The summed E-state index contributed by atoms with van der Waals surface area (Å²) in [6.07, 6.45) is -0.638. The molecular weight excluding hydrogens is 537 g/mol. The van der Waals surface area contributed by atoms with E-state index in [0.29, 0.717) is 26.2 Å². The first kappa shape index (κ1) is 30.6. The number of ether oxygens (including phenoxy) is 1. The highest BCUT2D eigenvalue weighted by Gasteiger charge is 2.63. The molecule has 1 amide bonds. The molecule has 0 saturated heterocycles. The minimum atomic E-state index is -4.47. The van der Waals surface area contributed by atoms with E-state index in [4.69, 9.17) is 9.72 Å². The molecule has 2 heterocycles. The quantitative estimate of drug-likeness (QED) is 0.246. The Morgan fingerprint density at radius 2 is 1.88 bits per heavy atom. The summed E-state index contributed by atoms with van der Waals surface area (Å²) < 4.78 is 45.6. The molecule has 1 aliphatic carbocycles. The van der Waals surface area contributed by atoms with Crippen LogP contribution in [0.15, 0.2) is 42.5 Å². The van der Waals surface area contributed by atoms with Crippen molar-refractivity contribution in [3.63, 3.8) is 0 Å². The number of unbranched alkanes of at least 4 members (excludes halogenated alkanes) is 1.